The number of nitriles is 1. The second-order valence-electron chi connectivity index (χ2n) is 5.78. The van der Waals surface area contributed by atoms with Gasteiger partial charge in [0.1, 0.15) is 17.6 Å². The maximum Gasteiger partial charge on any atom is 0.236 e. The number of aromatic nitrogens is 1. The molecule has 0 bridgehead atoms. The molecule has 0 N–H and O–H groups in total. The summed E-state index contributed by atoms with van der Waals surface area (Å²) in [5.74, 6) is 0.918. The van der Waals surface area contributed by atoms with E-state index in [1.54, 1.807) is 0 Å². The zero-order chi connectivity index (χ0) is 17.1. The predicted octanol–water partition coefficient (Wildman–Crippen LogP) is 2.88. The van der Waals surface area contributed by atoms with Crippen LogP contribution in [0, 0.1) is 17.1 Å². The quantitative estimate of drug-likeness (QED) is 0.858. The summed E-state index contributed by atoms with van der Waals surface area (Å²) >= 11 is 0. The minimum Gasteiger partial charge on any atom is -0.484 e. The van der Waals surface area contributed by atoms with Crippen molar-refractivity contribution in [3.63, 3.8) is 0 Å². The largest absolute Gasteiger partial charge is 0.484 e. The molecule has 1 aromatic carbocycles. The lowest BCUT2D eigenvalue weighted by molar-refractivity contribution is -0.00651. The van der Waals surface area contributed by atoms with Crippen LogP contribution in [0.15, 0.2) is 28.7 Å². The normalized spacial score (nSPS) is 20.7. The molecule has 1 saturated heterocycles. The minimum absolute atomic E-state index is 0.0457. The Hall–Kier alpha value is -2.59. The minimum atomic E-state index is -0.330. The Morgan fingerprint density at radius 1 is 1.29 bits per heavy atom. The molecular formula is C17H18FN3O3. The molecule has 2 atom stereocenters. The van der Waals surface area contributed by atoms with Gasteiger partial charge in [-0.25, -0.2) is 4.39 Å². The van der Waals surface area contributed by atoms with E-state index in [1.807, 2.05) is 18.7 Å². The van der Waals surface area contributed by atoms with Crippen molar-refractivity contribution in [3.8, 4) is 11.8 Å². The monoisotopic (exact) mass is 331 g/mol. The van der Waals surface area contributed by atoms with Crippen molar-refractivity contribution >= 4 is 5.88 Å². The number of oxazole rings is 1. The molecule has 2 aromatic rings. The Labute approximate surface area is 139 Å². The zero-order valence-electron chi connectivity index (χ0n) is 13.5. The fourth-order valence-corrected chi connectivity index (χ4v) is 2.72. The van der Waals surface area contributed by atoms with Crippen LogP contribution in [-0.2, 0) is 11.3 Å². The summed E-state index contributed by atoms with van der Waals surface area (Å²) in [6.45, 7) is 5.28. The van der Waals surface area contributed by atoms with Crippen molar-refractivity contribution in [3.05, 3.63) is 41.7 Å². The summed E-state index contributed by atoms with van der Waals surface area (Å²) in [5, 5.41) is 9.30. The van der Waals surface area contributed by atoms with Gasteiger partial charge < -0.3 is 18.8 Å². The summed E-state index contributed by atoms with van der Waals surface area (Å²) in [6.07, 6.45) is 0.0913. The molecule has 0 spiro atoms. The molecule has 0 radical (unpaired) electrons. The molecule has 2 heterocycles. The van der Waals surface area contributed by atoms with E-state index in [0.717, 1.165) is 0 Å². The number of rotatable bonds is 4. The highest BCUT2D eigenvalue weighted by atomic mass is 19.1. The second-order valence-corrected chi connectivity index (χ2v) is 5.78. The molecule has 1 aliphatic rings. The van der Waals surface area contributed by atoms with Gasteiger partial charge in [-0.15, -0.1) is 0 Å². The maximum absolute atomic E-state index is 12.9. The van der Waals surface area contributed by atoms with E-state index < -0.39 is 0 Å². The summed E-state index contributed by atoms with van der Waals surface area (Å²) in [4.78, 5) is 6.14. The average molecular weight is 331 g/mol. The Morgan fingerprint density at radius 3 is 2.58 bits per heavy atom. The third kappa shape index (κ3) is 3.66. The van der Waals surface area contributed by atoms with Gasteiger partial charge in [-0.3, -0.25) is 0 Å². The van der Waals surface area contributed by atoms with Crippen molar-refractivity contribution in [1.29, 1.82) is 5.26 Å². The average Bonchev–Trinajstić information content (AvgIpc) is 2.97. The van der Waals surface area contributed by atoms with E-state index in [2.05, 4.69) is 11.1 Å². The van der Waals surface area contributed by atoms with Gasteiger partial charge in [-0.05, 0) is 38.1 Å². The second kappa shape index (κ2) is 6.89. The molecule has 1 aliphatic heterocycles. The first-order valence-electron chi connectivity index (χ1n) is 7.73. The van der Waals surface area contributed by atoms with Crippen LogP contribution < -0.4 is 9.64 Å². The van der Waals surface area contributed by atoms with Gasteiger partial charge in [-0.1, -0.05) is 0 Å². The number of halogens is 1. The molecule has 24 heavy (non-hydrogen) atoms. The molecule has 3 rings (SSSR count). The molecule has 1 fully saturated rings. The Balaban J connectivity index is 1.73. The van der Waals surface area contributed by atoms with Crippen molar-refractivity contribution in [1.82, 2.24) is 4.98 Å². The molecule has 7 heteroatoms. The number of nitrogens with zero attached hydrogens (tertiary/aromatic N) is 3. The van der Waals surface area contributed by atoms with E-state index in [9.17, 15) is 9.65 Å². The van der Waals surface area contributed by atoms with Crippen LogP contribution in [0.5, 0.6) is 5.75 Å². The highest BCUT2D eigenvalue weighted by molar-refractivity contribution is 5.48. The molecule has 1 aromatic heterocycles. The van der Waals surface area contributed by atoms with Gasteiger partial charge in [0.25, 0.3) is 0 Å². The molecule has 0 aliphatic carbocycles. The van der Waals surface area contributed by atoms with Gasteiger partial charge in [-0.2, -0.15) is 10.2 Å². The lowest BCUT2D eigenvalue weighted by Gasteiger charge is -2.34. The van der Waals surface area contributed by atoms with E-state index in [1.165, 1.54) is 24.3 Å². The van der Waals surface area contributed by atoms with E-state index in [4.69, 9.17) is 13.9 Å². The number of morpholine rings is 1. The van der Waals surface area contributed by atoms with Crippen molar-refractivity contribution < 1.29 is 18.3 Å². The van der Waals surface area contributed by atoms with Crippen LogP contribution in [0.4, 0.5) is 10.3 Å². The van der Waals surface area contributed by atoms with E-state index >= 15 is 0 Å². The molecular weight excluding hydrogens is 313 g/mol. The van der Waals surface area contributed by atoms with Gasteiger partial charge in [0.15, 0.2) is 6.61 Å². The van der Waals surface area contributed by atoms with E-state index in [-0.39, 0.29) is 30.3 Å². The molecule has 2 unspecified atom stereocenters. The number of anilines is 1. The summed E-state index contributed by atoms with van der Waals surface area (Å²) in [7, 11) is 0. The van der Waals surface area contributed by atoms with Crippen LogP contribution in [0.3, 0.4) is 0 Å². The van der Waals surface area contributed by atoms with Crippen LogP contribution in [0.25, 0.3) is 0 Å². The smallest absolute Gasteiger partial charge is 0.236 e. The number of benzene rings is 1. The summed E-state index contributed by atoms with van der Waals surface area (Å²) in [6, 6.07) is 7.73. The van der Waals surface area contributed by atoms with Gasteiger partial charge in [0.05, 0.1) is 12.2 Å². The third-order valence-electron chi connectivity index (χ3n) is 3.64. The molecule has 126 valence electrons. The van der Waals surface area contributed by atoms with Crippen molar-refractivity contribution in [2.24, 2.45) is 0 Å². The first-order chi connectivity index (χ1) is 11.5. The Morgan fingerprint density at radius 2 is 1.96 bits per heavy atom. The Kier molecular flexibility index (Phi) is 4.67. The third-order valence-corrected chi connectivity index (χ3v) is 3.64. The number of ether oxygens (including phenoxy) is 2. The first-order valence-corrected chi connectivity index (χ1v) is 7.73. The highest BCUT2D eigenvalue weighted by Crippen LogP contribution is 2.26. The SMILES string of the molecule is CC1CN(c2oc(COc3ccc(F)cc3)nc2C#N)CC(C)O1. The summed E-state index contributed by atoms with van der Waals surface area (Å²) < 4.78 is 29.8. The Bertz CT molecular complexity index is 729. The fourth-order valence-electron chi connectivity index (χ4n) is 2.72. The zero-order valence-corrected chi connectivity index (χ0v) is 13.5. The maximum atomic E-state index is 12.9. The number of hydrogen-bond acceptors (Lipinski definition) is 6. The van der Waals surface area contributed by atoms with Gasteiger partial charge in [0, 0.05) is 13.1 Å². The molecule has 0 saturated carbocycles. The number of hydrogen-bond donors (Lipinski definition) is 0. The van der Waals surface area contributed by atoms with Crippen LogP contribution >= 0.6 is 0 Å². The molecule has 0 amide bonds. The van der Waals surface area contributed by atoms with Gasteiger partial charge >= 0.3 is 0 Å². The molecule has 6 nitrogen and oxygen atoms in total. The highest BCUT2D eigenvalue weighted by Gasteiger charge is 2.28. The first kappa shape index (κ1) is 16.3. The van der Waals surface area contributed by atoms with E-state index in [0.29, 0.717) is 30.6 Å². The van der Waals surface area contributed by atoms with Crippen LogP contribution in [0.2, 0.25) is 0 Å². The standard InChI is InChI=1S/C17H18FN3O3/c1-11-8-21(9-12(2)23-11)17-15(7-19)20-16(24-17)10-22-14-5-3-13(18)4-6-14/h3-6,11-12H,8-10H2,1-2H3. The van der Waals surface area contributed by atoms with Crippen LogP contribution in [0.1, 0.15) is 25.4 Å². The van der Waals surface area contributed by atoms with Crippen molar-refractivity contribution in [2.45, 2.75) is 32.7 Å². The fraction of sp³-hybridized carbons (Fsp3) is 0.412. The lowest BCUT2D eigenvalue weighted by atomic mass is 10.2. The summed E-state index contributed by atoms with van der Waals surface area (Å²) in [5.41, 5.74) is 0.231. The van der Waals surface area contributed by atoms with Gasteiger partial charge in [0.2, 0.25) is 17.5 Å². The predicted molar refractivity (Wildman–Crippen MR) is 84.2 cm³/mol. The topological polar surface area (TPSA) is 71.5 Å². The van der Waals surface area contributed by atoms with Crippen LogP contribution in [-0.4, -0.2) is 30.3 Å². The van der Waals surface area contributed by atoms with Crippen molar-refractivity contribution in [2.75, 3.05) is 18.0 Å². The lowest BCUT2D eigenvalue weighted by Crippen LogP contribution is -2.45.